The van der Waals surface area contributed by atoms with Crippen molar-refractivity contribution in [3.05, 3.63) is 70.8 Å². The number of allylic oxidation sites excluding steroid dienone is 1. The molecule has 0 unspecified atom stereocenters. The molecular weight excluding hydrogens is 296 g/mol. The molecule has 0 aliphatic rings. The number of hydrogen-bond acceptors (Lipinski definition) is 3. The van der Waals surface area contributed by atoms with Crippen molar-refractivity contribution in [1.82, 2.24) is 0 Å². The fraction of sp³-hybridized carbons (Fsp3) is 0.0556. The molecule has 0 fully saturated rings. The summed E-state index contributed by atoms with van der Waals surface area (Å²) in [6.07, 6.45) is 2.96. The van der Waals surface area contributed by atoms with Crippen molar-refractivity contribution in [1.29, 1.82) is 5.26 Å². The van der Waals surface area contributed by atoms with Crippen LogP contribution >= 0.6 is 11.6 Å². The van der Waals surface area contributed by atoms with Gasteiger partial charge in [0.25, 0.3) is 0 Å². The van der Waals surface area contributed by atoms with E-state index in [1.807, 2.05) is 25.1 Å². The summed E-state index contributed by atoms with van der Waals surface area (Å²) >= 11 is 5.80. The molecule has 0 aliphatic heterocycles. The zero-order chi connectivity index (χ0) is 15.9. The van der Waals surface area contributed by atoms with Crippen LogP contribution < -0.4 is 0 Å². The maximum Gasteiger partial charge on any atom is 0.214 e. The summed E-state index contributed by atoms with van der Waals surface area (Å²) in [5.74, 6) is -0.432. The lowest BCUT2D eigenvalue weighted by atomic mass is 10.1. The first-order valence-electron chi connectivity index (χ1n) is 6.62. The first-order chi connectivity index (χ1) is 10.6. The van der Waals surface area contributed by atoms with Gasteiger partial charge in [0.05, 0.1) is 5.69 Å². The van der Waals surface area contributed by atoms with Gasteiger partial charge in [-0.2, -0.15) is 5.26 Å². The number of carbonyl (C=O) groups excluding carboxylic acids is 1. The Bertz CT molecular complexity index is 766. The molecule has 2 aromatic carbocycles. The average Bonchev–Trinajstić information content (AvgIpc) is 2.53. The lowest BCUT2D eigenvalue weighted by Gasteiger charge is -1.96. The van der Waals surface area contributed by atoms with Gasteiger partial charge in [-0.05, 0) is 42.8 Å². The van der Waals surface area contributed by atoms with Gasteiger partial charge in [0.15, 0.2) is 5.71 Å². The Balaban J connectivity index is 2.17. The second-order valence-corrected chi connectivity index (χ2v) is 5.09. The van der Waals surface area contributed by atoms with Crippen molar-refractivity contribution in [2.24, 2.45) is 4.99 Å². The smallest absolute Gasteiger partial charge is 0.214 e. The van der Waals surface area contributed by atoms with Gasteiger partial charge in [0.1, 0.15) is 6.07 Å². The van der Waals surface area contributed by atoms with Gasteiger partial charge in [-0.25, -0.2) is 4.99 Å². The van der Waals surface area contributed by atoms with Gasteiger partial charge in [0, 0.05) is 5.02 Å². The third-order valence-corrected chi connectivity index (χ3v) is 3.16. The second-order valence-electron chi connectivity index (χ2n) is 4.66. The molecule has 3 nitrogen and oxygen atoms in total. The Labute approximate surface area is 134 Å². The average molecular weight is 309 g/mol. The van der Waals surface area contributed by atoms with Crippen LogP contribution in [0.4, 0.5) is 5.69 Å². The SMILES string of the molecule is Cc1ccc(N=C(C#N)C(=O)/C=C/c2ccc(Cl)cc2)cc1. The summed E-state index contributed by atoms with van der Waals surface area (Å²) < 4.78 is 0. The van der Waals surface area contributed by atoms with Crippen LogP contribution in [-0.2, 0) is 4.79 Å². The Morgan fingerprint density at radius 2 is 1.77 bits per heavy atom. The summed E-state index contributed by atoms with van der Waals surface area (Å²) in [7, 11) is 0. The van der Waals surface area contributed by atoms with Crippen LogP contribution in [0.25, 0.3) is 6.08 Å². The van der Waals surface area contributed by atoms with Gasteiger partial charge in [-0.1, -0.05) is 47.5 Å². The molecule has 0 aromatic heterocycles. The Kier molecular flexibility index (Phi) is 5.24. The number of aliphatic imine (C=N–C) groups is 1. The van der Waals surface area contributed by atoms with Gasteiger partial charge < -0.3 is 0 Å². The molecule has 0 radical (unpaired) electrons. The summed E-state index contributed by atoms with van der Waals surface area (Å²) in [6, 6.07) is 16.2. The van der Waals surface area contributed by atoms with Crippen molar-refractivity contribution >= 4 is 34.9 Å². The van der Waals surface area contributed by atoms with E-state index in [1.54, 1.807) is 42.5 Å². The molecule has 2 aromatic rings. The fourth-order valence-electron chi connectivity index (χ4n) is 1.71. The molecule has 0 heterocycles. The monoisotopic (exact) mass is 308 g/mol. The number of nitriles is 1. The van der Waals surface area contributed by atoms with Crippen LogP contribution in [-0.4, -0.2) is 11.5 Å². The van der Waals surface area contributed by atoms with Crippen LogP contribution in [0.15, 0.2) is 59.6 Å². The number of hydrogen-bond donors (Lipinski definition) is 0. The van der Waals surface area contributed by atoms with E-state index in [9.17, 15) is 4.79 Å². The Morgan fingerprint density at radius 1 is 1.14 bits per heavy atom. The highest BCUT2D eigenvalue weighted by Gasteiger charge is 2.07. The molecule has 108 valence electrons. The molecule has 4 heteroatoms. The highest BCUT2D eigenvalue weighted by Crippen LogP contribution is 2.14. The van der Waals surface area contributed by atoms with Gasteiger partial charge in [0.2, 0.25) is 5.78 Å². The minimum absolute atomic E-state index is 0.144. The molecule has 0 bridgehead atoms. The number of aryl methyl sites for hydroxylation is 1. The normalized spacial score (nSPS) is 11.4. The zero-order valence-corrected chi connectivity index (χ0v) is 12.7. The van der Waals surface area contributed by atoms with E-state index in [2.05, 4.69) is 4.99 Å². The second kappa shape index (κ2) is 7.35. The molecule has 0 N–H and O–H groups in total. The Morgan fingerprint density at radius 3 is 2.36 bits per heavy atom. The molecule has 0 saturated carbocycles. The first-order valence-corrected chi connectivity index (χ1v) is 7.00. The van der Waals surface area contributed by atoms with E-state index in [1.165, 1.54) is 6.08 Å². The van der Waals surface area contributed by atoms with E-state index < -0.39 is 5.78 Å². The number of nitrogens with zero attached hydrogens (tertiary/aromatic N) is 2. The van der Waals surface area contributed by atoms with E-state index in [0.717, 1.165) is 11.1 Å². The fourth-order valence-corrected chi connectivity index (χ4v) is 1.83. The van der Waals surface area contributed by atoms with Crippen LogP contribution in [0.5, 0.6) is 0 Å². The Hall–Kier alpha value is -2.70. The number of carbonyl (C=O) groups is 1. The molecule has 0 aliphatic carbocycles. The van der Waals surface area contributed by atoms with Crippen LogP contribution in [0, 0.1) is 18.3 Å². The van der Waals surface area contributed by atoms with Crippen LogP contribution in [0.3, 0.4) is 0 Å². The third-order valence-electron chi connectivity index (χ3n) is 2.91. The summed E-state index contributed by atoms with van der Waals surface area (Å²) in [5, 5.41) is 9.72. The van der Waals surface area contributed by atoms with Gasteiger partial charge in [-0.15, -0.1) is 0 Å². The lowest BCUT2D eigenvalue weighted by Crippen LogP contribution is -2.07. The van der Waals surface area contributed by atoms with Crippen LogP contribution in [0.1, 0.15) is 11.1 Å². The summed E-state index contributed by atoms with van der Waals surface area (Å²) in [4.78, 5) is 16.1. The molecule has 0 atom stereocenters. The largest absolute Gasteiger partial charge is 0.287 e. The summed E-state index contributed by atoms with van der Waals surface area (Å²) in [6.45, 7) is 1.96. The molecule has 22 heavy (non-hydrogen) atoms. The quantitative estimate of drug-likeness (QED) is 0.615. The van der Waals surface area contributed by atoms with E-state index in [0.29, 0.717) is 10.7 Å². The molecular formula is C18H13ClN2O. The molecule has 0 spiro atoms. The predicted octanol–water partition coefficient (Wildman–Crippen LogP) is 4.53. The molecule has 2 rings (SSSR count). The molecule has 0 saturated heterocycles. The highest BCUT2D eigenvalue weighted by atomic mass is 35.5. The third kappa shape index (κ3) is 4.41. The highest BCUT2D eigenvalue weighted by molar-refractivity contribution is 6.50. The van der Waals surface area contributed by atoms with Crippen molar-refractivity contribution in [3.63, 3.8) is 0 Å². The van der Waals surface area contributed by atoms with Crippen LogP contribution in [0.2, 0.25) is 5.02 Å². The zero-order valence-electron chi connectivity index (χ0n) is 12.0. The maximum atomic E-state index is 12.0. The molecule has 0 amide bonds. The minimum Gasteiger partial charge on any atom is -0.287 e. The maximum absolute atomic E-state index is 12.0. The van der Waals surface area contributed by atoms with Crippen molar-refractivity contribution in [2.75, 3.05) is 0 Å². The first kappa shape index (κ1) is 15.7. The number of ketones is 1. The summed E-state index contributed by atoms with van der Waals surface area (Å²) in [5.41, 5.74) is 2.35. The van der Waals surface area contributed by atoms with Crippen molar-refractivity contribution < 1.29 is 4.79 Å². The van der Waals surface area contributed by atoms with Gasteiger partial charge >= 0.3 is 0 Å². The number of benzene rings is 2. The van der Waals surface area contributed by atoms with Crippen molar-refractivity contribution in [2.45, 2.75) is 6.92 Å². The van der Waals surface area contributed by atoms with Crippen molar-refractivity contribution in [3.8, 4) is 6.07 Å². The van der Waals surface area contributed by atoms with Gasteiger partial charge in [-0.3, -0.25) is 4.79 Å². The van der Waals surface area contributed by atoms with E-state index in [-0.39, 0.29) is 5.71 Å². The topological polar surface area (TPSA) is 53.2 Å². The predicted molar refractivity (Wildman–Crippen MR) is 89.4 cm³/mol. The van der Waals surface area contributed by atoms with E-state index in [4.69, 9.17) is 16.9 Å². The standard InChI is InChI=1S/C18H13ClN2O/c1-13-2-9-16(10-3-13)21-17(12-20)18(22)11-6-14-4-7-15(19)8-5-14/h2-11H,1H3/b11-6+,21-17?. The lowest BCUT2D eigenvalue weighted by molar-refractivity contribution is -0.108. The number of halogens is 1. The minimum atomic E-state index is -0.432. The number of rotatable bonds is 4. The van der Waals surface area contributed by atoms with E-state index >= 15 is 0 Å².